The van der Waals surface area contributed by atoms with Crippen molar-refractivity contribution in [2.24, 2.45) is 17.8 Å². The molecule has 3 atom stereocenters. The van der Waals surface area contributed by atoms with Crippen molar-refractivity contribution in [3.8, 4) is 0 Å². The summed E-state index contributed by atoms with van der Waals surface area (Å²) in [7, 11) is 0. The SMILES string of the molecule is CC(C)C(=O)OCC1CC(O)CCC1C. The van der Waals surface area contributed by atoms with E-state index in [1.54, 1.807) is 0 Å². The van der Waals surface area contributed by atoms with Crippen LogP contribution in [-0.2, 0) is 9.53 Å². The third kappa shape index (κ3) is 3.82. The van der Waals surface area contributed by atoms with E-state index >= 15 is 0 Å². The molecule has 0 radical (unpaired) electrons. The Hall–Kier alpha value is -0.570. The molecule has 1 aliphatic carbocycles. The lowest BCUT2D eigenvalue weighted by atomic mass is 9.79. The van der Waals surface area contributed by atoms with Gasteiger partial charge in [-0.15, -0.1) is 0 Å². The topological polar surface area (TPSA) is 46.5 Å². The largest absolute Gasteiger partial charge is 0.465 e. The van der Waals surface area contributed by atoms with Crippen LogP contribution in [-0.4, -0.2) is 23.8 Å². The highest BCUT2D eigenvalue weighted by Gasteiger charge is 2.27. The summed E-state index contributed by atoms with van der Waals surface area (Å²) in [6.07, 6.45) is 2.48. The second kappa shape index (κ2) is 5.50. The molecule has 3 nitrogen and oxygen atoms in total. The third-order valence-corrected chi connectivity index (χ3v) is 3.25. The number of aliphatic hydroxyl groups is 1. The Balaban J connectivity index is 2.33. The van der Waals surface area contributed by atoms with Crippen molar-refractivity contribution in [1.29, 1.82) is 0 Å². The molecule has 0 aliphatic heterocycles. The second-order valence-corrected chi connectivity index (χ2v) is 4.99. The number of aliphatic hydroxyl groups excluding tert-OH is 1. The van der Waals surface area contributed by atoms with Crippen molar-refractivity contribution < 1.29 is 14.6 Å². The molecular weight excluding hydrogens is 192 g/mol. The van der Waals surface area contributed by atoms with Gasteiger partial charge < -0.3 is 9.84 Å². The quantitative estimate of drug-likeness (QED) is 0.731. The van der Waals surface area contributed by atoms with Crippen LogP contribution < -0.4 is 0 Å². The lowest BCUT2D eigenvalue weighted by Gasteiger charge is -2.31. The number of carbonyl (C=O) groups excluding carboxylic acids is 1. The van der Waals surface area contributed by atoms with Crippen LogP contribution in [0.2, 0.25) is 0 Å². The van der Waals surface area contributed by atoms with Crippen LogP contribution >= 0.6 is 0 Å². The minimum Gasteiger partial charge on any atom is -0.465 e. The molecule has 1 rings (SSSR count). The number of hydrogen-bond donors (Lipinski definition) is 1. The minimum absolute atomic E-state index is 0.0613. The molecule has 0 aromatic carbocycles. The number of carbonyl (C=O) groups is 1. The zero-order valence-electron chi connectivity index (χ0n) is 9.90. The molecule has 3 unspecified atom stereocenters. The molecule has 0 amide bonds. The van der Waals surface area contributed by atoms with Gasteiger partial charge in [0, 0.05) is 0 Å². The van der Waals surface area contributed by atoms with E-state index in [-0.39, 0.29) is 18.0 Å². The van der Waals surface area contributed by atoms with Gasteiger partial charge in [-0.3, -0.25) is 4.79 Å². The molecule has 0 saturated heterocycles. The fourth-order valence-corrected chi connectivity index (χ4v) is 1.98. The highest BCUT2D eigenvalue weighted by molar-refractivity contribution is 5.71. The van der Waals surface area contributed by atoms with Crippen LogP contribution in [0, 0.1) is 17.8 Å². The van der Waals surface area contributed by atoms with Crippen molar-refractivity contribution in [2.45, 2.75) is 46.1 Å². The molecular formula is C12H22O3. The zero-order chi connectivity index (χ0) is 11.4. The summed E-state index contributed by atoms with van der Waals surface area (Å²) in [6, 6.07) is 0. The molecule has 3 heteroatoms. The maximum atomic E-state index is 11.3. The Kier molecular flexibility index (Phi) is 4.58. The Labute approximate surface area is 91.8 Å². The maximum absolute atomic E-state index is 11.3. The molecule has 0 heterocycles. The van der Waals surface area contributed by atoms with Gasteiger partial charge >= 0.3 is 5.97 Å². The van der Waals surface area contributed by atoms with Gasteiger partial charge in [-0.2, -0.15) is 0 Å². The van der Waals surface area contributed by atoms with Gasteiger partial charge in [-0.1, -0.05) is 20.8 Å². The Morgan fingerprint density at radius 1 is 1.47 bits per heavy atom. The van der Waals surface area contributed by atoms with E-state index in [1.807, 2.05) is 13.8 Å². The van der Waals surface area contributed by atoms with Crippen molar-refractivity contribution in [3.05, 3.63) is 0 Å². The maximum Gasteiger partial charge on any atom is 0.308 e. The first-order valence-electron chi connectivity index (χ1n) is 5.85. The van der Waals surface area contributed by atoms with Gasteiger partial charge in [0.05, 0.1) is 18.6 Å². The van der Waals surface area contributed by atoms with Gasteiger partial charge in [0.25, 0.3) is 0 Å². The number of hydrogen-bond acceptors (Lipinski definition) is 3. The Bertz CT molecular complexity index is 213. The van der Waals surface area contributed by atoms with Crippen LogP contribution in [0.25, 0.3) is 0 Å². The summed E-state index contributed by atoms with van der Waals surface area (Å²) < 4.78 is 5.21. The van der Waals surface area contributed by atoms with E-state index in [0.29, 0.717) is 18.4 Å². The predicted molar refractivity (Wildman–Crippen MR) is 58.3 cm³/mol. The molecule has 88 valence electrons. The highest BCUT2D eigenvalue weighted by atomic mass is 16.5. The Morgan fingerprint density at radius 3 is 2.73 bits per heavy atom. The normalized spacial score (nSPS) is 31.7. The molecule has 0 aromatic heterocycles. The fraction of sp³-hybridized carbons (Fsp3) is 0.917. The van der Waals surface area contributed by atoms with Crippen LogP contribution in [0.1, 0.15) is 40.0 Å². The van der Waals surface area contributed by atoms with Crippen LogP contribution in [0.3, 0.4) is 0 Å². The lowest BCUT2D eigenvalue weighted by Crippen LogP contribution is -2.30. The zero-order valence-corrected chi connectivity index (χ0v) is 9.90. The number of esters is 1. The van der Waals surface area contributed by atoms with Gasteiger partial charge in [-0.25, -0.2) is 0 Å². The fourth-order valence-electron chi connectivity index (χ4n) is 1.98. The van der Waals surface area contributed by atoms with E-state index in [1.165, 1.54) is 0 Å². The molecule has 0 aromatic rings. The molecule has 15 heavy (non-hydrogen) atoms. The van der Waals surface area contributed by atoms with Gasteiger partial charge in [0.15, 0.2) is 0 Å². The van der Waals surface area contributed by atoms with Crippen molar-refractivity contribution in [3.63, 3.8) is 0 Å². The van der Waals surface area contributed by atoms with Crippen LogP contribution in [0.5, 0.6) is 0 Å². The van der Waals surface area contributed by atoms with Gasteiger partial charge in [-0.05, 0) is 31.1 Å². The van der Waals surface area contributed by atoms with Crippen LogP contribution in [0.4, 0.5) is 0 Å². The second-order valence-electron chi connectivity index (χ2n) is 4.99. The van der Waals surface area contributed by atoms with E-state index < -0.39 is 0 Å². The van der Waals surface area contributed by atoms with E-state index in [9.17, 15) is 9.90 Å². The number of rotatable bonds is 3. The average Bonchev–Trinajstić information content (AvgIpc) is 2.18. The molecule has 1 fully saturated rings. The highest BCUT2D eigenvalue weighted by Crippen LogP contribution is 2.30. The van der Waals surface area contributed by atoms with Crippen molar-refractivity contribution >= 4 is 5.97 Å². The molecule has 1 aliphatic rings. The standard InChI is InChI=1S/C12H22O3/c1-8(2)12(14)15-7-10-6-11(13)5-4-9(10)3/h8-11,13H,4-7H2,1-3H3. The lowest BCUT2D eigenvalue weighted by molar-refractivity contribution is -0.150. The minimum atomic E-state index is -0.205. The average molecular weight is 214 g/mol. The van der Waals surface area contributed by atoms with Crippen molar-refractivity contribution in [1.82, 2.24) is 0 Å². The molecule has 1 N–H and O–H groups in total. The molecule has 1 saturated carbocycles. The van der Waals surface area contributed by atoms with E-state index in [4.69, 9.17) is 4.74 Å². The first-order chi connectivity index (χ1) is 7.00. The Morgan fingerprint density at radius 2 is 2.13 bits per heavy atom. The van der Waals surface area contributed by atoms with E-state index in [0.717, 1.165) is 19.3 Å². The van der Waals surface area contributed by atoms with Gasteiger partial charge in [0.2, 0.25) is 0 Å². The first kappa shape index (κ1) is 12.5. The third-order valence-electron chi connectivity index (χ3n) is 3.25. The molecule has 0 bridgehead atoms. The number of ether oxygens (including phenoxy) is 1. The van der Waals surface area contributed by atoms with Crippen LogP contribution in [0.15, 0.2) is 0 Å². The van der Waals surface area contributed by atoms with E-state index in [2.05, 4.69) is 6.92 Å². The summed E-state index contributed by atoms with van der Waals surface area (Å²) >= 11 is 0. The monoisotopic (exact) mass is 214 g/mol. The smallest absolute Gasteiger partial charge is 0.308 e. The van der Waals surface area contributed by atoms with Crippen molar-refractivity contribution in [2.75, 3.05) is 6.61 Å². The summed E-state index contributed by atoms with van der Waals surface area (Å²) in [5.41, 5.74) is 0. The summed E-state index contributed by atoms with van der Waals surface area (Å²) in [4.78, 5) is 11.3. The summed E-state index contributed by atoms with van der Waals surface area (Å²) in [6.45, 7) is 6.30. The summed E-state index contributed by atoms with van der Waals surface area (Å²) in [5.74, 6) is 0.681. The predicted octanol–water partition coefficient (Wildman–Crippen LogP) is 1.98. The first-order valence-corrected chi connectivity index (χ1v) is 5.85. The van der Waals surface area contributed by atoms with Gasteiger partial charge in [0.1, 0.15) is 0 Å². The summed E-state index contributed by atoms with van der Waals surface area (Å²) in [5, 5.41) is 9.53. The molecule has 0 spiro atoms.